The highest BCUT2D eigenvalue weighted by Crippen LogP contribution is 2.34. The van der Waals surface area contributed by atoms with E-state index in [0.29, 0.717) is 25.6 Å². The van der Waals surface area contributed by atoms with E-state index in [4.69, 9.17) is 15.2 Å². The largest absolute Gasteiger partial charge is 0.490 e. The minimum absolute atomic E-state index is 0.0282. The average molecular weight is 287 g/mol. The molecular weight excluding hydrogens is 268 g/mol. The summed E-state index contributed by atoms with van der Waals surface area (Å²) in [5.74, 6) is 0.562. The number of halogens is 2. The van der Waals surface area contributed by atoms with Crippen LogP contribution in [0, 0.1) is 5.92 Å². The lowest BCUT2D eigenvalue weighted by molar-refractivity contribution is -0.0514. The van der Waals surface area contributed by atoms with Crippen LogP contribution in [0.4, 0.5) is 8.78 Å². The lowest BCUT2D eigenvalue weighted by atomic mass is 9.93. The summed E-state index contributed by atoms with van der Waals surface area (Å²) in [6.45, 7) is 0.606. The molecule has 2 N–H and O–H groups in total. The van der Waals surface area contributed by atoms with Crippen molar-refractivity contribution in [1.29, 1.82) is 0 Å². The van der Waals surface area contributed by atoms with Gasteiger partial charge in [0.2, 0.25) is 0 Å². The van der Waals surface area contributed by atoms with Crippen LogP contribution in [0.2, 0.25) is 0 Å². The second-order valence-corrected chi connectivity index (χ2v) is 4.67. The van der Waals surface area contributed by atoms with E-state index in [0.717, 1.165) is 12.0 Å². The average Bonchev–Trinajstić information content (AvgIpc) is 2.93. The standard InChI is InChI=1S/C14H19F2NO3/c1-2-19-12-7-9(3-4-11(12)20-14(15)16)13(17)10-5-6-18-8-10/h3-4,7,10,13-14H,2,5-6,8,17H2,1H3. The fourth-order valence-electron chi connectivity index (χ4n) is 2.30. The maximum atomic E-state index is 12.3. The molecule has 1 saturated heterocycles. The Morgan fingerprint density at radius 1 is 1.40 bits per heavy atom. The molecule has 1 aliphatic heterocycles. The van der Waals surface area contributed by atoms with Crippen LogP contribution in [0.15, 0.2) is 18.2 Å². The number of nitrogens with two attached hydrogens (primary N) is 1. The van der Waals surface area contributed by atoms with Crippen LogP contribution < -0.4 is 15.2 Å². The molecule has 2 rings (SSSR count). The van der Waals surface area contributed by atoms with Gasteiger partial charge in [0.05, 0.1) is 13.2 Å². The molecular formula is C14H19F2NO3. The van der Waals surface area contributed by atoms with E-state index in [-0.39, 0.29) is 17.7 Å². The third-order valence-corrected chi connectivity index (χ3v) is 3.34. The van der Waals surface area contributed by atoms with Crippen molar-refractivity contribution in [3.63, 3.8) is 0 Å². The lowest BCUT2D eigenvalue weighted by Gasteiger charge is -2.20. The van der Waals surface area contributed by atoms with Gasteiger partial charge >= 0.3 is 6.61 Å². The smallest absolute Gasteiger partial charge is 0.387 e. The number of ether oxygens (including phenoxy) is 3. The zero-order chi connectivity index (χ0) is 14.5. The Bertz CT molecular complexity index is 436. The maximum Gasteiger partial charge on any atom is 0.387 e. The zero-order valence-electron chi connectivity index (χ0n) is 11.4. The third-order valence-electron chi connectivity index (χ3n) is 3.34. The molecule has 1 aromatic rings. The highest BCUT2D eigenvalue weighted by atomic mass is 19.3. The van der Waals surface area contributed by atoms with Gasteiger partial charge in [-0.2, -0.15) is 8.78 Å². The van der Waals surface area contributed by atoms with Gasteiger partial charge in [-0.1, -0.05) is 6.07 Å². The molecule has 0 amide bonds. The molecule has 0 radical (unpaired) electrons. The third kappa shape index (κ3) is 3.58. The number of hydrogen-bond acceptors (Lipinski definition) is 4. The summed E-state index contributed by atoms with van der Waals surface area (Å²) in [4.78, 5) is 0. The van der Waals surface area contributed by atoms with Crippen LogP contribution in [0.25, 0.3) is 0 Å². The second kappa shape index (κ2) is 6.85. The fraction of sp³-hybridized carbons (Fsp3) is 0.571. The number of benzene rings is 1. The van der Waals surface area contributed by atoms with Crippen LogP contribution in [-0.4, -0.2) is 26.4 Å². The van der Waals surface area contributed by atoms with E-state index >= 15 is 0 Å². The summed E-state index contributed by atoms with van der Waals surface area (Å²) in [5, 5.41) is 0. The molecule has 4 nitrogen and oxygen atoms in total. The van der Waals surface area contributed by atoms with Crippen LogP contribution >= 0.6 is 0 Å². The van der Waals surface area contributed by atoms with Crippen molar-refractivity contribution in [2.45, 2.75) is 26.0 Å². The van der Waals surface area contributed by atoms with E-state index in [1.54, 1.807) is 19.1 Å². The number of rotatable bonds is 6. The summed E-state index contributed by atoms with van der Waals surface area (Å²) in [6, 6.07) is 4.65. The first-order valence-electron chi connectivity index (χ1n) is 6.66. The quantitative estimate of drug-likeness (QED) is 0.874. The van der Waals surface area contributed by atoms with Crippen molar-refractivity contribution < 1.29 is 23.0 Å². The van der Waals surface area contributed by atoms with Gasteiger partial charge in [0, 0.05) is 18.6 Å². The van der Waals surface area contributed by atoms with E-state index < -0.39 is 6.61 Å². The normalized spacial score (nSPS) is 20.1. The molecule has 1 fully saturated rings. The molecule has 0 spiro atoms. The molecule has 0 aromatic heterocycles. The van der Waals surface area contributed by atoms with Crippen molar-refractivity contribution in [2.75, 3.05) is 19.8 Å². The Hall–Kier alpha value is -1.40. The predicted molar refractivity (Wildman–Crippen MR) is 70.1 cm³/mol. The Labute approximate surface area is 116 Å². The van der Waals surface area contributed by atoms with Crippen LogP contribution in [0.5, 0.6) is 11.5 Å². The highest BCUT2D eigenvalue weighted by Gasteiger charge is 2.25. The van der Waals surface area contributed by atoms with Gasteiger partial charge in [-0.25, -0.2) is 0 Å². The molecule has 112 valence electrons. The molecule has 6 heteroatoms. The summed E-state index contributed by atoms with van der Waals surface area (Å²) >= 11 is 0. The van der Waals surface area contributed by atoms with Gasteiger partial charge < -0.3 is 19.9 Å². The summed E-state index contributed by atoms with van der Waals surface area (Å²) < 4.78 is 39.8. The number of hydrogen-bond donors (Lipinski definition) is 1. The predicted octanol–water partition coefficient (Wildman–Crippen LogP) is 2.72. The second-order valence-electron chi connectivity index (χ2n) is 4.67. The molecule has 0 saturated carbocycles. The van der Waals surface area contributed by atoms with Crippen molar-refractivity contribution in [1.82, 2.24) is 0 Å². The molecule has 1 aliphatic rings. The lowest BCUT2D eigenvalue weighted by Crippen LogP contribution is -2.21. The van der Waals surface area contributed by atoms with E-state index in [1.165, 1.54) is 6.07 Å². The van der Waals surface area contributed by atoms with Crippen molar-refractivity contribution in [3.8, 4) is 11.5 Å². The van der Waals surface area contributed by atoms with Gasteiger partial charge in [-0.3, -0.25) is 0 Å². The van der Waals surface area contributed by atoms with Crippen LogP contribution in [0.1, 0.15) is 24.9 Å². The fourth-order valence-corrected chi connectivity index (χ4v) is 2.30. The topological polar surface area (TPSA) is 53.7 Å². The molecule has 2 atom stereocenters. The SMILES string of the molecule is CCOc1cc(C(N)C2CCOC2)ccc1OC(F)F. The van der Waals surface area contributed by atoms with E-state index in [9.17, 15) is 8.78 Å². The first-order valence-corrected chi connectivity index (χ1v) is 6.66. The van der Waals surface area contributed by atoms with Crippen molar-refractivity contribution in [3.05, 3.63) is 23.8 Å². The molecule has 0 bridgehead atoms. The zero-order valence-corrected chi connectivity index (χ0v) is 11.4. The van der Waals surface area contributed by atoms with Gasteiger partial charge in [-0.05, 0) is 31.0 Å². The van der Waals surface area contributed by atoms with E-state index in [2.05, 4.69) is 4.74 Å². The molecule has 20 heavy (non-hydrogen) atoms. The highest BCUT2D eigenvalue weighted by molar-refractivity contribution is 5.44. The Morgan fingerprint density at radius 2 is 2.20 bits per heavy atom. The summed E-state index contributed by atoms with van der Waals surface area (Å²) in [6.07, 6.45) is 0.903. The first kappa shape index (κ1) is 15.0. The first-order chi connectivity index (χ1) is 9.61. The van der Waals surface area contributed by atoms with Crippen LogP contribution in [-0.2, 0) is 4.74 Å². The minimum atomic E-state index is -2.88. The monoisotopic (exact) mass is 287 g/mol. The van der Waals surface area contributed by atoms with Gasteiger partial charge in [0.1, 0.15) is 0 Å². The molecule has 2 unspecified atom stereocenters. The minimum Gasteiger partial charge on any atom is -0.490 e. The van der Waals surface area contributed by atoms with Crippen molar-refractivity contribution >= 4 is 0 Å². The van der Waals surface area contributed by atoms with Crippen LogP contribution in [0.3, 0.4) is 0 Å². The Kier molecular flexibility index (Phi) is 5.14. The van der Waals surface area contributed by atoms with Gasteiger partial charge in [-0.15, -0.1) is 0 Å². The summed E-state index contributed by atoms with van der Waals surface area (Å²) in [5.41, 5.74) is 7.03. The summed E-state index contributed by atoms with van der Waals surface area (Å²) in [7, 11) is 0. The molecule has 1 aromatic carbocycles. The maximum absolute atomic E-state index is 12.3. The number of alkyl halides is 2. The molecule has 1 heterocycles. The Balaban J connectivity index is 2.19. The van der Waals surface area contributed by atoms with Crippen molar-refractivity contribution in [2.24, 2.45) is 11.7 Å². The Morgan fingerprint density at radius 3 is 2.80 bits per heavy atom. The van der Waals surface area contributed by atoms with E-state index in [1.807, 2.05) is 0 Å². The van der Waals surface area contributed by atoms with Gasteiger partial charge in [0.25, 0.3) is 0 Å². The van der Waals surface area contributed by atoms with Gasteiger partial charge in [0.15, 0.2) is 11.5 Å². The molecule has 0 aliphatic carbocycles.